The number of rotatable bonds is 1. The van der Waals surface area contributed by atoms with Crippen molar-refractivity contribution in [3.8, 4) is 0 Å². The average Bonchev–Trinajstić information content (AvgIpc) is 2.63. The molecule has 1 saturated heterocycles. The fourth-order valence-electron chi connectivity index (χ4n) is 3.39. The van der Waals surface area contributed by atoms with Gasteiger partial charge in [0, 0.05) is 10.7 Å². The number of amides is 1. The summed E-state index contributed by atoms with van der Waals surface area (Å²) < 4.78 is 0. The zero-order chi connectivity index (χ0) is 15.4. The predicted molar refractivity (Wildman–Crippen MR) is 87.3 cm³/mol. The van der Waals surface area contributed by atoms with Crippen LogP contribution in [0.15, 0.2) is 18.2 Å². The van der Waals surface area contributed by atoms with Crippen LogP contribution in [-0.2, 0) is 10.2 Å². The molecule has 0 N–H and O–H groups in total. The first kappa shape index (κ1) is 15.0. The summed E-state index contributed by atoms with van der Waals surface area (Å²) in [5.41, 5.74) is 0.941. The number of fused-ring (bicyclic) bond motifs is 2. The van der Waals surface area contributed by atoms with E-state index < -0.39 is 10.7 Å². The molecule has 6 radical (unpaired) electrons. The fraction of sp³-hybridized carbons (Fsp3) is 0.500. The van der Waals surface area contributed by atoms with Crippen LogP contribution in [0, 0.1) is 0 Å². The second-order valence-electron chi connectivity index (χ2n) is 6.07. The lowest BCUT2D eigenvalue weighted by atomic mass is 9.48. The van der Waals surface area contributed by atoms with Crippen LogP contribution in [0.1, 0.15) is 18.4 Å². The molecular formula is C14H14B3ClN2O. The van der Waals surface area contributed by atoms with Gasteiger partial charge in [-0.05, 0) is 56.7 Å². The molecule has 2 heterocycles. The van der Waals surface area contributed by atoms with Crippen LogP contribution in [0.3, 0.4) is 0 Å². The maximum absolute atomic E-state index is 13.0. The quantitative estimate of drug-likeness (QED) is 0.714. The second kappa shape index (κ2) is 4.82. The molecule has 1 aromatic rings. The first-order valence-electron chi connectivity index (χ1n) is 6.95. The Bertz CT molecular complexity index is 594. The zero-order valence-corrected chi connectivity index (χ0v) is 12.7. The van der Waals surface area contributed by atoms with Crippen molar-refractivity contribution in [3.63, 3.8) is 0 Å². The summed E-state index contributed by atoms with van der Waals surface area (Å²) in [6, 6.07) is 5.33. The largest absolute Gasteiger partial charge is 0.331 e. The van der Waals surface area contributed by atoms with Crippen LogP contribution in [-0.4, -0.2) is 59.7 Å². The molecule has 0 atom stereocenters. The Kier molecular flexibility index (Phi) is 3.45. The van der Waals surface area contributed by atoms with E-state index in [1.54, 1.807) is 12.1 Å². The molecule has 0 bridgehead atoms. The van der Waals surface area contributed by atoms with Crippen molar-refractivity contribution in [1.29, 1.82) is 0 Å². The van der Waals surface area contributed by atoms with Gasteiger partial charge in [-0.1, -0.05) is 16.8 Å². The highest BCUT2D eigenvalue weighted by atomic mass is 35.5. The van der Waals surface area contributed by atoms with Crippen LogP contribution in [0.25, 0.3) is 0 Å². The van der Waals surface area contributed by atoms with E-state index in [4.69, 9.17) is 35.1 Å². The topological polar surface area (TPSA) is 23.6 Å². The minimum Gasteiger partial charge on any atom is -0.331 e. The van der Waals surface area contributed by atoms with E-state index in [9.17, 15) is 4.79 Å². The van der Waals surface area contributed by atoms with Gasteiger partial charge in [0.2, 0.25) is 5.91 Å². The Balaban J connectivity index is 2.16. The molecule has 7 heteroatoms. The van der Waals surface area contributed by atoms with E-state index in [0.29, 0.717) is 23.6 Å². The van der Waals surface area contributed by atoms with Crippen molar-refractivity contribution in [1.82, 2.24) is 4.90 Å². The van der Waals surface area contributed by atoms with Crippen molar-refractivity contribution >= 4 is 46.7 Å². The van der Waals surface area contributed by atoms with Gasteiger partial charge in [0.25, 0.3) is 0 Å². The van der Waals surface area contributed by atoms with E-state index >= 15 is 0 Å². The zero-order valence-electron chi connectivity index (χ0n) is 12.0. The van der Waals surface area contributed by atoms with Crippen molar-refractivity contribution in [2.75, 3.05) is 25.0 Å². The van der Waals surface area contributed by atoms with Gasteiger partial charge in [-0.2, -0.15) is 0 Å². The molecule has 1 spiro atoms. The van der Waals surface area contributed by atoms with Gasteiger partial charge in [0.05, 0.1) is 29.0 Å². The van der Waals surface area contributed by atoms with Gasteiger partial charge in [0.1, 0.15) is 0 Å². The van der Waals surface area contributed by atoms with Gasteiger partial charge in [-0.3, -0.25) is 4.79 Å². The summed E-state index contributed by atoms with van der Waals surface area (Å²) in [6.45, 7) is 1.66. The number of anilines is 1. The smallest absolute Gasteiger partial charge is 0.236 e. The van der Waals surface area contributed by atoms with Crippen LogP contribution >= 0.6 is 11.6 Å². The number of hydrogen-bond donors (Lipinski definition) is 0. The van der Waals surface area contributed by atoms with E-state index in [-0.39, 0.29) is 5.91 Å². The molecule has 0 saturated carbocycles. The van der Waals surface area contributed by atoms with Crippen LogP contribution < -0.4 is 4.90 Å². The summed E-state index contributed by atoms with van der Waals surface area (Å²) in [4.78, 5) is 16.5. The lowest BCUT2D eigenvalue weighted by Gasteiger charge is -2.40. The molecule has 3 nitrogen and oxygen atoms in total. The summed E-state index contributed by atoms with van der Waals surface area (Å²) in [5.74, 6) is -0.125. The maximum atomic E-state index is 13.0. The van der Waals surface area contributed by atoms with Crippen LogP contribution in [0.4, 0.5) is 5.69 Å². The lowest BCUT2D eigenvalue weighted by molar-refractivity contribution is -0.124. The molecule has 0 unspecified atom stereocenters. The molecule has 0 aromatic heterocycles. The summed E-state index contributed by atoms with van der Waals surface area (Å²) in [7, 11) is 19.5. The van der Waals surface area contributed by atoms with E-state index in [0.717, 1.165) is 18.7 Å². The van der Waals surface area contributed by atoms with Gasteiger partial charge >= 0.3 is 0 Å². The molecule has 21 heavy (non-hydrogen) atoms. The molecule has 1 amide bonds. The predicted octanol–water partition coefficient (Wildman–Crippen LogP) is 0.767. The molecule has 1 fully saturated rings. The molecule has 3 rings (SSSR count). The number of hydrogen-bond acceptors (Lipinski definition) is 2. The number of likely N-dealkylation sites (tertiary alicyclic amines) is 1. The third-order valence-corrected chi connectivity index (χ3v) is 4.79. The summed E-state index contributed by atoms with van der Waals surface area (Å²) >= 11 is 6.13. The number of piperidine rings is 1. The summed E-state index contributed by atoms with van der Waals surface area (Å²) in [5, 5.41) is -1.12. The second-order valence-corrected chi connectivity index (χ2v) is 6.51. The van der Waals surface area contributed by atoms with Crippen molar-refractivity contribution in [2.45, 2.75) is 23.5 Å². The normalized spacial score (nSPS) is 21.8. The number of carbonyl (C=O) groups excluding carboxylic acids is 1. The van der Waals surface area contributed by atoms with Crippen molar-refractivity contribution in [3.05, 3.63) is 28.8 Å². The van der Waals surface area contributed by atoms with Crippen molar-refractivity contribution < 1.29 is 4.79 Å². The van der Waals surface area contributed by atoms with E-state index in [2.05, 4.69) is 4.90 Å². The third kappa shape index (κ3) is 2.24. The monoisotopic (exact) mass is 294 g/mol. The molecule has 2 aliphatic heterocycles. The first-order valence-corrected chi connectivity index (χ1v) is 7.33. The van der Waals surface area contributed by atoms with E-state index in [1.807, 2.05) is 13.1 Å². The highest BCUT2D eigenvalue weighted by Crippen LogP contribution is 2.49. The van der Waals surface area contributed by atoms with Crippen LogP contribution in [0.2, 0.25) is 5.02 Å². The van der Waals surface area contributed by atoms with Crippen LogP contribution in [0.5, 0.6) is 0 Å². The fourth-order valence-corrected chi connectivity index (χ4v) is 3.57. The molecular weight excluding hydrogens is 280 g/mol. The van der Waals surface area contributed by atoms with Gasteiger partial charge in [0.15, 0.2) is 0 Å². The highest BCUT2D eigenvalue weighted by Gasteiger charge is 2.53. The Morgan fingerprint density at radius 1 is 1.24 bits per heavy atom. The molecule has 0 aliphatic carbocycles. The molecule has 2 aliphatic rings. The number of nitrogens with zero attached hydrogens (tertiary/aromatic N) is 2. The van der Waals surface area contributed by atoms with Gasteiger partial charge in [-0.25, -0.2) is 0 Å². The number of carbonyl (C=O) groups is 1. The standard InChI is InChI=1S/C14H14B3ClN2O/c1-19-6-4-13(5-7-19)10-8-9(18)2-3-11(10)20(12(13)21)14(15,16)17/h2-3,8H,4-7H2,1H3. The minimum absolute atomic E-state index is 0.125. The van der Waals surface area contributed by atoms with Gasteiger partial charge < -0.3 is 9.80 Å². The Morgan fingerprint density at radius 2 is 1.86 bits per heavy atom. The van der Waals surface area contributed by atoms with E-state index in [1.165, 1.54) is 4.90 Å². The first-order chi connectivity index (χ1) is 9.75. The van der Waals surface area contributed by atoms with Crippen molar-refractivity contribution in [2.24, 2.45) is 0 Å². The number of halogens is 1. The maximum Gasteiger partial charge on any atom is 0.236 e. The molecule has 1 aromatic carbocycles. The summed E-state index contributed by atoms with van der Waals surface area (Å²) in [6.07, 6.45) is 1.42. The Morgan fingerprint density at radius 3 is 2.43 bits per heavy atom. The highest BCUT2D eigenvalue weighted by molar-refractivity contribution is 6.62. The molecule has 102 valence electrons. The average molecular weight is 294 g/mol. The Labute approximate surface area is 134 Å². The number of benzene rings is 1. The third-order valence-electron chi connectivity index (χ3n) is 4.56. The minimum atomic E-state index is -1.72. The van der Waals surface area contributed by atoms with Gasteiger partial charge in [-0.15, -0.1) is 0 Å². The SMILES string of the molecule is [B]C([B])([B])N1C(=O)C2(CCN(C)CC2)c2cc(Cl)ccc21. The Hall–Kier alpha value is -0.865. The lowest BCUT2D eigenvalue weighted by Crippen LogP contribution is -2.57.